The summed E-state index contributed by atoms with van der Waals surface area (Å²) in [5.41, 5.74) is 7.20. The molecule has 39 heavy (non-hydrogen) atoms. The SMILES string of the molecule is CNc1cncc(-c2cnc3n[nH]c(-c4cc5c(-c6cc(F)cc(CNS(C)(=O)=O)c6)ccnc5[nH]4)c3c2)c1. The van der Waals surface area contributed by atoms with Gasteiger partial charge in [-0.2, -0.15) is 5.10 Å². The number of aromatic nitrogens is 6. The summed E-state index contributed by atoms with van der Waals surface area (Å²) >= 11 is 0. The molecular weight excluding hydrogens is 519 g/mol. The highest BCUT2D eigenvalue weighted by Crippen LogP contribution is 2.34. The first kappa shape index (κ1) is 24.6. The van der Waals surface area contributed by atoms with Crippen molar-refractivity contribution >= 4 is 37.8 Å². The normalized spacial score (nSPS) is 11.9. The number of nitrogens with one attached hydrogen (secondary N) is 4. The Balaban J connectivity index is 1.42. The fraction of sp³-hybridized carbons (Fsp3) is 0.111. The predicted octanol–water partition coefficient (Wildman–Crippen LogP) is 4.46. The van der Waals surface area contributed by atoms with Crippen molar-refractivity contribution in [3.05, 3.63) is 78.6 Å². The third kappa shape index (κ3) is 4.94. The zero-order chi connectivity index (χ0) is 27.1. The molecule has 0 unspecified atom stereocenters. The van der Waals surface area contributed by atoms with E-state index in [1.807, 2.05) is 25.2 Å². The van der Waals surface area contributed by atoms with Crippen molar-refractivity contribution in [2.75, 3.05) is 18.6 Å². The first-order valence-electron chi connectivity index (χ1n) is 12.0. The van der Waals surface area contributed by atoms with E-state index in [-0.39, 0.29) is 6.54 Å². The van der Waals surface area contributed by atoms with E-state index >= 15 is 0 Å². The molecule has 4 N–H and O–H groups in total. The lowest BCUT2D eigenvalue weighted by Gasteiger charge is -2.08. The highest BCUT2D eigenvalue weighted by Gasteiger charge is 2.16. The second kappa shape index (κ2) is 9.57. The fourth-order valence-electron chi connectivity index (χ4n) is 4.53. The molecule has 6 aromatic rings. The smallest absolute Gasteiger partial charge is 0.209 e. The number of aromatic amines is 2. The first-order chi connectivity index (χ1) is 18.8. The Morgan fingerprint density at radius 1 is 0.949 bits per heavy atom. The van der Waals surface area contributed by atoms with E-state index in [9.17, 15) is 12.8 Å². The number of rotatable bonds is 7. The van der Waals surface area contributed by atoms with Gasteiger partial charge in [0.25, 0.3) is 0 Å². The zero-order valence-electron chi connectivity index (χ0n) is 20.9. The van der Waals surface area contributed by atoms with Crippen LogP contribution < -0.4 is 10.0 Å². The van der Waals surface area contributed by atoms with Gasteiger partial charge in [0.1, 0.15) is 11.5 Å². The minimum Gasteiger partial charge on any atom is -0.387 e. The molecule has 5 heterocycles. The quantitative estimate of drug-likeness (QED) is 0.233. The van der Waals surface area contributed by atoms with Crippen LogP contribution >= 0.6 is 0 Å². The molecule has 0 saturated heterocycles. The van der Waals surface area contributed by atoms with E-state index < -0.39 is 15.8 Å². The molecule has 10 nitrogen and oxygen atoms in total. The molecule has 0 aliphatic heterocycles. The largest absolute Gasteiger partial charge is 0.387 e. The minimum atomic E-state index is -3.42. The number of H-pyrrole nitrogens is 2. The van der Waals surface area contributed by atoms with E-state index in [0.29, 0.717) is 22.4 Å². The third-order valence-corrected chi connectivity index (χ3v) is 7.05. The van der Waals surface area contributed by atoms with Crippen LogP contribution in [-0.2, 0) is 16.6 Å². The monoisotopic (exact) mass is 542 g/mol. The van der Waals surface area contributed by atoms with Crippen LogP contribution in [0.3, 0.4) is 0 Å². The van der Waals surface area contributed by atoms with Crippen molar-refractivity contribution in [1.29, 1.82) is 0 Å². The Kier molecular flexibility index (Phi) is 6.04. The maximum atomic E-state index is 14.5. The number of hydrogen-bond donors (Lipinski definition) is 4. The summed E-state index contributed by atoms with van der Waals surface area (Å²) < 4.78 is 40.0. The van der Waals surface area contributed by atoms with E-state index in [1.165, 1.54) is 12.1 Å². The number of hydrogen-bond acceptors (Lipinski definition) is 7. The van der Waals surface area contributed by atoms with Gasteiger partial charge in [0, 0.05) is 60.3 Å². The van der Waals surface area contributed by atoms with Gasteiger partial charge in [-0.05, 0) is 59.2 Å². The van der Waals surface area contributed by atoms with Crippen molar-refractivity contribution in [2.45, 2.75) is 6.54 Å². The maximum Gasteiger partial charge on any atom is 0.209 e. The zero-order valence-corrected chi connectivity index (χ0v) is 21.8. The average Bonchev–Trinajstić information content (AvgIpc) is 3.55. The number of pyridine rings is 3. The lowest BCUT2D eigenvalue weighted by atomic mass is 10.0. The number of halogens is 1. The van der Waals surface area contributed by atoms with Gasteiger partial charge in [-0.3, -0.25) is 10.1 Å². The van der Waals surface area contributed by atoms with Gasteiger partial charge in [0.15, 0.2) is 5.65 Å². The van der Waals surface area contributed by atoms with E-state index in [1.54, 1.807) is 36.9 Å². The lowest BCUT2D eigenvalue weighted by molar-refractivity contribution is 0.586. The van der Waals surface area contributed by atoms with Crippen molar-refractivity contribution in [2.24, 2.45) is 0 Å². The highest BCUT2D eigenvalue weighted by molar-refractivity contribution is 7.88. The van der Waals surface area contributed by atoms with E-state index in [0.717, 1.165) is 50.8 Å². The van der Waals surface area contributed by atoms with Crippen LogP contribution in [0.5, 0.6) is 0 Å². The van der Waals surface area contributed by atoms with Crippen LogP contribution in [0.4, 0.5) is 10.1 Å². The van der Waals surface area contributed by atoms with Crippen molar-refractivity contribution in [3.63, 3.8) is 0 Å². The van der Waals surface area contributed by atoms with Crippen molar-refractivity contribution < 1.29 is 12.8 Å². The molecule has 196 valence electrons. The van der Waals surface area contributed by atoms with E-state index in [4.69, 9.17) is 0 Å². The Hall–Kier alpha value is -4.68. The van der Waals surface area contributed by atoms with Gasteiger partial charge >= 0.3 is 0 Å². The van der Waals surface area contributed by atoms with E-state index in [2.05, 4.69) is 40.2 Å². The molecule has 6 rings (SSSR count). The fourth-order valence-corrected chi connectivity index (χ4v) is 4.96. The van der Waals surface area contributed by atoms with Gasteiger partial charge in [0.2, 0.25) is 10.0 Å². The molecule has 0 radical (unpaired) electrons. The Morgan fingerprint density at radius 2 is 1.79 bits per heavy atom. The summed E-state index contributed by atoms with van der Waals surface area (Å²) in [6.07, 6.45) is 7.99. The molecule has 0 saturated carbocycles. The van der Waals surface area contributed by atoms with Crippen LogP contribution in [0.25, 0.3) is 55.7 Å². The Morgan fingerprint density at radius 3 is 2.62 bits per heavy atom. The summed E-state index contributed by atoms with van der Waals surface area (Å²) in [5.74, 6) is -0.464. The standard InChI is InChI=1S/C27H23FN8O2S/c1-29-20-8-17(12-30-14-20)18-9-23-25(35-36-27(23)32-13-18)24-10-22-21(3-4-31-26(22)34-24)16-5-15(6-19(28)7-16)11-33-39(2,37)38/h3-10,12-14,29,33H,11H2,1-2H3,(H,31,34)(H,32,35,36). The van der Waals surface area contributed by atoms with Crippen LogP contribution in [-0.4, -0.2) is 51.9 Å². The van der Waals surface area contributed by atoms with Gasteiger partial charge in [-0.25, -0.2) is 27.5 Å². The van der Waals surface area contributed by atoms with Crippen molar-refractivity contribution in [3.8, 4) is 33.6 Å². The predicted molar refractivity (Wildman–Crippen MR) is 149 cm³/mol. The van der Waals surface area contributed by atoms with Gasteiger partial charge in [-0.1, -0.05) is 0 Å². The molecule has 0 atom stereocenters. The van der Waals surface area contributed by atoms with Gasteiger partial charge < -0.3 is 10.3 Å². The molecule has 0 aliphatic carbocycles. The second-order valence-corrected chi connectivity index (χ2v) is 11.0. The minimum absolute atomic E-state index is 0.0155. The topological polar surface area (TPSA) is 141 Å². The van der Waals surface area contributed by atoms with Gasteiger partial charge in [-0.15, -0.1) is 0 Å². The highest BCUT2D eigenvalue weighted by atomic mass is 32.2. The van der Waals surface area contributed by atoms with Crippen molar-refractivity contribution in [1.82, 2.24) is 34.9 Å². The molecule has 12 heteroatoms. The molecule has 0 bridgehead atoms. The summed E-state index contributed by atoms with van der Waals surface area (Å²) in [6.45, 7) is -0.0155. The summed E-state index contributed by atoms with van der Waals surface area (Å²) in [5, 5.41) is 12.1. The van der Waals surface area contributed by atoms with Crippen LogP contribution in [0.15, 0.2) is 67.3 Å². The molecule has 0 aliphatic rings. The molecule has 1 aromatic carbocycles. The number of nitrogens with zero attached hydrogens (tertiary/aromatic N) is 4. The Labute approximate surface area is 222 Å². The molecule has 5 aromatic heterocycles. The third-order valence-electron chi connectivity index (χ3n) is 6.38. The van der Waals surface area contributed by atoms with Gasteiger partial charge in [0.05, 0.1) is 23.3 Å². The number of fused-ring (bicyclic) bond motifs is 2. The van der Waals surface area contributed by atoms with Crippen LogP contribution in [0, 0.1) is 5.82 Å². The number of benzene rings is 1. The van der Waals surface area contributed by atoms with Crippen LogP contribution in [0.1, 0.15) is 5.56 Å². The molecule has 0 spiro atoms. The summed E-state index contributed by atoms with van der Waals surface area (Å²) in [7, 11) is -1.58. The second-order valence-electron chi connectivity index (χ2n) is 9.15. The number of anilines is 1. The average molecular weight is 543 g/mol. The maximum absolute atomic E-state index is 14.5. The molecule has 0 fully saturated rings. The summed E-state index contributed by atoms with van der Waals surface area (Å²) in [6, 6.07) is 12.2. The summed E-state index contributed by atoms with van der Waals surface area (Å²) in [4.78, 5) is 16.6. The Bertz CT molecular complexity index is 1970. The molecule has 0 amide bonds. The van der Waals surface area contributed by atoms with Crippen LogP contribution in [0.2, 0.25) is 0 Å². The number of sulfonamides is 1. The first-order valence-corrected chi connectivity index (χ1v) is 13.9. The molecular formula is C27H23FN8O2S. The lowest BCUT2D eigenvalue weighted by Crippen LogP contribution is -2.21.